The lowest BCUT2D eigenvalue weighted by atomic mass is 10.0. The van der Waals surface area contributed by atoms with Crippen molar-refractivity contribution >= 4 is 35.5 Å². The van der Waals surface area contributed by atoms with Gasteiger partial charge in [0.25, 0.3) is 5.91 Å². The van der Waals surface area contributed by atoms with Gasteiger partial charge in [-0.1, -0.05) is 24.3 Å². The van der Waals surface area contributed by atoms with Crippen LogP contribution in [0.4, 0.5) is 11.5 Å². The highest BCUT2D eigenvalue weighted by atomic mass is 16.5. The fraction of sp³-hybridized carbons (Fsp3) is 0.321. The number of carboxylic acid groups (broad SMARTS) is 1. The maximum atomic E-state index is 13.2. The van der Waals surface area contributed by atoms with Gasteiger partial charge in [-0.15, -0.1) is 0 Å². The summed E-state index contributed by atoms with van der Waals surface area (Å²) in [6, 6.07) is 10.8. The fourth-order valence-electron chi connectivity index (χ4n) is 4.87. The standard InChI is InChI=1S/C28H29N5O6/c1-32-15-24(31-26(32)28(36)37)30-25(34)11-17-6-5-7-18(10-17)16-39-23-13-21-20(12-22(23)38-2)27(35)33-9-4-3-8-19(33)14-29-21/h5-7,10,12-15,19H,3-4,8-9,11,16H2,1-2H3,(H,30,34)(H,36,37)/t19-/m0/s1. The van der Waals surface area contributed by atoms with E-state index in [1.165, 1.54) is 17.9 Å². The van der Waals surface area contributed by atoms with Crippen LogP contribution in [0, 0.1) is 0 Å². The number of anilines is 1. The van der Waals surface area contributed by atoms with Crippen LogP contribution >= 0.6 is 0 Å². The summed E-state index contributed by atoms with van der Waals surface area (Å²) in [5.74, 6) is -0.628. The zero-order valence-corrected chi connectivity index (χ0v) is 21.7. The van der Waals surface area contributed by atoms with Gasteiger partial charge in [0.05, 0.1) is 30.8 Å². The molecule has 0 radical (unpaired) electrons. The van der Waals surface area contributed by atoms with E-state index in [-0.39, 0.29) is 42.5 Å². The Hall–Kier alpha value is -4.67. The number of hydrogen-bond donors (Lipinski definition) is 2. The second-order valence-corrected chi connectivity index (χ2v) is 9.56. The maximum Gasteiger partial charge on any atom is 0.372 e. The SMILES string of the molecule is COc1cc2c(cc1OCc1cccc(CC(=O)Nc3cn(C)c(C(=O)O)n3)c1)N=C[C@@H]1CCCCN1C2=O. The van der Waals surface area contributed by atoms with E-state index in [4.69, 9.17) is 14.6 Å². The largest absolute Gasteiger partial charge is 0.493 e. The number of aliphatic imine (C=N–C) groups is 1. The highest BCUT2D eigenvalue weighted by molar-refractivity contribution is 6.03. The molecule has 39 heavy (non-hydrogen) atoms. The number of carboxylic acids is 1. The molecule has 1 saturated heterocycles. The molecule has 0 bridgehead atoms. The van der Waals surface area contributed by atoms with E-state index in [2.05, 4.69) is 15.3 Å². The molecule has 3 heterocycles. The Balaban J connectivity index is 1.27. The minimum Gasteiger partial charge on any atom is -0.493 e. The van der Waals surface area contributed by atoms with Gasteiger partial charge in [0.15, 0.2) is 17.3 Å². The Bertz CT molecular complexity index is 1460. The number of rotatable bonds is 8. The van der Waals surface area contributed by atoms with E-state index < -0.39 is 5.97 Å². The summed E-state index contributed by atoms with van der Waals surface area (Å²) in [7, 11) is 3.08. The summed E-state index contributed by atoms with van der Waals surface area (Å²) < 4.78 is 12.9. The Kier molecular flexibility index (Phi) is 7.31. The maximum absolute atomic E-state index is 13.2. The molecule has 11 heteroatoms. The molecule has 0 aliphatic carbocycles. The lowest BCUT2D eigenvalue weighted by molar-refractivity contribution is -0.115. The molecule has 2 aliphatic rings. The molecule has 3 aromatic rings. The lowest BCUT2D eigenvalue weighted by Crippen LogP contribution is -2.43. The molecule has 0 unspecified atom stereocenters. The second-order valence-electron chi connectivity index (χ2n) is 9.56. The van der Waals surface area contributed by atoms with Crippen LogP contribution in [0.15, 0.2) is 47.6 Å². The molecule has 1 atom stereocenters. The third-order valence-electron chi connectivity index (χ3n) is 6.79. The zero-order valence-electron chi connectivity index (χ0n) is 21.7. The van der Waals surface area contributed by atoms with Crippen molar-refractivity contribution in [1.82, 2.24) is 14.5 Å². The average molecular weight is 532 g/mol. The number of fused-ring (bicyclic) bond motifs is 2. The Morgan fingerprint density at radius 3 is 2.74 bits per heavy atom. The predicted octanol–water partition coefficient (Wildman–Crippen LogP) is 3.60. The topological polar surface area (TPSA) is 135 Å². The first-order valence-corrected chi connectivity index (χ1v) is 12.7. The molecule has 5 rings (SSSR count). The van der Waals surface area contributed by atoms with E-state index >= 15 is 0 Å². The minimum absolute atomic E-state index is 0.00541. The zero-order chi connectivity index (χ0) is 27.5. The normalized spacial score (nSPS) is 16.2. The van der Waals surface area contributed by atoms with E-state index in [0.29, 0.717) is 22.7 Å². The van der Waals surface area contributed by atoms with Gasteiger partial charge in [-0.3, -0.25) is 14.6 Å². The molecule has 1 fully saturated rings. The number of carbonyl (C=O) groups is 3. The molecule has 0 spiro atoms. The van der Waals surface area contributed by atoms with Crippen LogP contribution in [0.25, 0.3) is 0 Å². The number of aromatic carboxylic acids is 1. The van der Waals surface area contributed by atoms with Gasteiger partial charge >= 0.3 is 5.97 Å². The molecule has 2 aromatic carbocycles. The summed E-state index contributed by atoms with van der Waals surface area (Å²) in [6.45, 7) is 0.925. The first-order chi connectivity index (χ1) is 18.8. The van der Waals surface area contributed by atoms with Crippen LogP contribution in [0.2, 0.25) is 0 Å². The van der Waals surface area contributed by atoms with E-state index in [9.17, 15) is 14.4 Å². The Morgan fingerprint density at radius 2 is 1.97 bits per heavy atom. The molecule has 11 nitrogen and oxygen atoms in total. The third-order valence-corrected chi connectivity index (χ3v) is 6.79. The predicted molar refractivity (Wildman–Crippen MR) is 143 cm³/mol. The summed E-state index contributed by atoms with van der Waals surface area (Å²) in [5, 5.41) is 11.8. The number of benzene rings is 2. The van der Waals surface area contributed by atoms with Gasteiger partial charge in [0.2, 0.25) is 11.7 Å². The van der Waals surface area contributed by atoms with Crippen LogP contribution in [-0.2, 0) is 24.9 Å². The van der Waals surface area contributed by atoms with Crippen molar-refractivity contribution in [3.05, 3.63) is 65.1 Å². The first kappa shape index (κ1) is 26.0. The van der Waals surface area contributed by atoms with Gasteiger partial charge in [0.1, 0.15) is 6.61 Å². The van der Waals surface area contributed by atoms with Crippen molar-refractivity contribution in [1.29, 1.82) is 0 Å². The van der Waals surface area contributed by atoms with Gasteiger partial charge < -0.3 is 29.4 Å². The number of carbonyl (C=O) groups excluding carboxylic acids is 2. The molecule has 2 N–H and O–H groups in total. The van der Waals surface area contributed by atoms with Gasteiger partial charge in [-0.2, -0.15) is 0 Å². The van der Waals surface area contributed by atoms with E-state index in [0.717, 1.165) is 36.9 Å². The smallest absolute Gasteiger partial charge is 0.372 e. The van der Waals surface area contributed by atoms with Gasteiger partial charge in [-0.25, -0.2) is 9.78 Å². The summed E-state index contributed by atoms with van der Waals surface area (Å²) in [5.41, 5.74) is 2.64. The second kappa shape index (κ2) is 11.0. The van der Waals surface area contributed by atoms with Crippen LogP contribution in [0.3, 0.4) is 0 Å². The Morgan fingerprint density at radius 1 is 1.15 bits per heavy atom. The minimum atomic E-state index is -1.17. The number of aromatic nitrogens is 2. The summed E-state index contributed by atoms with van der Waals surface area (Å²) in [4.78, 5) is 47.3. The summed E-state index contributed by atoms with van der Waals surface area (Å²) in [6.07, 6.45) is 6.33. The number of methoxy groups -OCH3 is 1. The van der Waals surface area contributed by atoms with Gasteiger partial charge in [-0.05, 0) is 36.5 Å². The first-order valence-electron chi connectivity index (χ1n) is 12.7. The molecule has 1 aromatic heterocycles. The molecule has 202 valence electrons. The number of imidazole rings is 1. The number of piperidine rings is 1. The number of nitrogens with zero attached hydrogens (tertiary/aromatic N) is 4. The van der Waals surface area contributed by atoms with Crippen LogP contribution in [-0.4, -0.2) is 63.3 Å². The lowest BCUT2D eigenvalue weighted by Gasteiger charge is -2.32. The van der Waals surface area contributed by atoms with Crippen LogP contribution < -0.4 is 14.8 Å². The van der Waals surface area contributed by atoms with E-state index in [1.807, 2.05) is 35.4 Å². The van der Waals surface area contributed by atoms with Crippen LogP contribution in [0.5, 0.6) is 11.5 Å². The van der Waals surface area contributed by atoms with Crippen molar-refractivity contribution in [3.8, 4) is 11.5 Å². The average Bonchev–Trinajstić information content (AvgIpc) is 3.23. The van der Waals surface area contributed by atoms with Crippen molar-refractivity contribution in [2.24, 2.45) is 12.0 Å². The number of aryl methyl sites for hydroxylation is 1. The van der Waals surface area contributed by atoms with Crippen LogP contribution in [0.1, 0.15) is 51.4 Å². The third kappa shape index (κ3) is 5.62. The molecule has 0 saturated carbocycles. The highest BCUT2D eigenvalue weighted by Crippen LogP contribution is 2.38. The van der Waals surface area contributed by atoms with Gasteiger partial charge in [0, 0.05) is 32.1 Å². The quantitative estimate of drug-likeness (QED) is 0.453. The van der Waals surface area contributed by atoms with Crippen molar-refractivity contribution < 1.29 is 29.0 Å². The Labute approximate surface area is 225 Å². The fourth-order valence-corrected chi connectivity index (χ4v) is 4.87. The van der Waals surface area contributed by atoms with Crippen molar-refractivity contribution in [2.75, 3.05) is 19.0 Å². The molecule has 2 aliphatic heterocycles. The summed E-state index contributed by atoms with van der Waals surface area (Å²) >= 11 is 0. The number of amides is 2. The number of hydrogen-bond acceptors (Lipinski definition) is 7. The number of ether oxygens (including phenoxy) is 2. The number of nitrogens with one attached hydrogen (secondary N) is 1. The monoisotopic (exact) mass is 531 g/mol. The molecule has 2 amide bonds. The van der Waals surface area contributed by atoms with Crippen molar-refractivity contribution in [2.45, 2.75) is 38.3 Å². The highest BCUT2D eigenvalue weighted by Gasteiger charge is 2.31. The molecular formula is C28H29N5O6. The molecular weight excluding hydrogens is 502 g/mol. The van der Waals surface area contributed by atoms with E-state index in [1.54, 1.807) is 19.2 Å². The van der Waals surface area contributed by atoms with Crippen molar-refractivity contribution in [3.63, 3.8) is 0 Å².